The number of benzene rings is 1. The molecule has 0 aliphatic heterocycles. The largest absolute Gasteiger partial charge is 1.00 e. The topological polar surface area (TPSA) is 52.3 Å². The third-order valence-electron chi connectivity index (χ3n) is 1.70. The van der Waals surface area contributed by atoms with Gasteiger partial charge in [-0.2, -0.15) is 0 Å². The molecule has 0 spiro atoms. The van der Waals surface area contributed by atoms with Crippen LogP contribution >= 0.6 is 0 Å². The van der Waals surface area contributed by atoms with E-state index in [1.54, 1.807) is 13.0 Å². The van der Waals surface area contributed by atoms with Crippen LogP contribution < -0.4 is 18.1 Å². The van der Waals surface area contributed by atoms with Crippen molar-refractivity contribution in [3.05, 3.63) is 29.8 Å². The number of ether oxygens (including phenoxy) is 1. The van der Waals surface area contributed by atoms with Gasteiger partial charge in [0.1, 0.15) is 0 Å². The summed E-state index contributed by atoms with van der Waals surface area (Å²) in [4.78, 5) is 11.1. The van der Waals surface area contributed by atoms with E-state index in [-0.39, 0.29) is 24.8 Å². The lowest BCUT2D eigenvalue weighted by Gasteiger charge is -2.04. The van der Waals surface area contributed by atoms with Gasteiger partial charge in [-0.3, -0.25) is 4.79 Å². The summed E-state index contributed by atoms with van der Waals surface area (Å²) in [5.41, 5.74) is 7.11. The highest BCUT2D eigenvalue weighted by molar-refractivity contribution is 5.74. The molecule has 0 bridgehead atoms. The van der Waals surface area contributed by atoms with Gasteiger partial charge in [0.2, 0.25) is 0 Å². The fraction of sp³-hybridized carbons (Fsp3) is 0.300. The summed E-state index contributed by atoms with van der Waals surface area (Å²) < 4.78 is 4.81. The minimum Gasteiger partial charge on any atom is -1.00 e. The van der Waals surface area contributed by atoms with Crippen LogP contribution in [0.2, 0.25) is 0 Å². The zero-order valence-electron chi connectivity index (χ0n) is 8.00. The minimum atomic E-state index is -0.236. The van der Waals surface area contributed by atoms with E-state index < -0.39 is 0 Å². The Bertz CT molecular complexity index is 302. The number of rotatable bonds is 3. The molecular weight excluding hydrogens is 202 g/mol. The van der Waals surface area contributed by atoms with Crippen LogP contribution in [0.15, 0.2) is 24.3 Å². The number of nitrogens with two attached hydrogens (primary N) is 1. The van der Waals surface area contributed by atoms with Gasteiger partial charge in [-0.05, 0) is 18.6 Å². The molecule has 78 valence electrons. The van der Waals surface area contributed by atoms with Crippen LogP contribution in [0.25, 0.3) is 0 Å². The van der Waals surface area contributed by atoms with E-state index in [0.29, 0.717) is 12.3 Å². The van der Waals surface area contributed by atoms with Crippen LogP contribution in [0, 0.1) is 0 Å². The van der Waals surface area contributed by atoms with Crippen molar-refractivity contribution in [1.82, 2.24) is 0 Å². The van der Waals surface area contributed by atoms with Gasteiger partial charge in [0.15, 0.2) is 0 Å². The first-order valence-corrected chi connectivity index (χ1v) is 4.23. The number of para-hydroxylation sites is 1. The van der Waals surface area contributed by atoms with Crippen molar-refractivity contribution in [2.45, 2.75) is 13.3 Å². The normalized spacial score (nSPS) is 8.93. The molecule has 0 atom stereocenters. The van der Waals surface area contributed by atoms with Gasteiger partial charge < -0.3 is 22.9 Å². The Balaban J connectivity index is 0.00000169. The Hall–Kier alpha value is -1.22. The van der Waals surface area contributed by atoms with E-state index in [0.717, 1.165) is 5.56 Å². The first-order chi connectivity index (χ1) is 6.24. The molecule has 0 aliphatic carbocycles. The van der Waals surface area contributed by atoms with Crippen molar-refractivity contribution in [2.24, 2.45) is 0 Å². The van der Waals surface area contributed by atoms with Crippen molar-refractivity contribution in [3.63, 3.8) is 0 Å². The van der Waals surface area contributed by atoms with Gasteiger partial charge in [-0.15, -0.1) is 0 Å². The van der Waals surface area contributed by atoms with Crippen LogP contribution in [0.4, 0.5) is 5.69 Å². The second kappa shape index (κ2) is 6.27. The molecule has 1 rings (SSSR count). The van der Waals surface area contributed by atoms with Crippen LogP contribution in [-0.2, 0) is 16.0 Å². The van der Waals surface area contributed by atoms with Crippen LogP contribution in [0.1, 0.15) is 12.5 Å². The number of anilines is 1. The molecule has 14 heavy (non-hydrogen) atoms. The summed E-state index contributed by atoms with van der Waals surface area (Å²) in [6, 6.07) is 7.29. The van der Waals surface area contributed by atoms with Crippen molar-refractivity contribution < 1.29 is 21.9 Å². The van der Waals surface area contributed by atoms with Gasteiger partial charge in [-0.1, -0.05) is 18.2 Å². The van der Waals surface area contributed by atoms with E-state index in [2.05, 4.69) is 0 Å². The average molecular weight is 215 g/mol. The number of hydrogen-bond acceptors (Lipinski definition) is 3. The summed E-state index contributed by atoms with van der Waals surface area (Å²) in [6.07, 6.45) is 0.251. The highest BCUT2D eigenvalue weighted by Crippen LogP contribution is 2.11. The van der Waals surface area contributed by atoms with Crippen molar-refractivity contribution in [3.8, 4) is 0 Å². The van der Waals surface area contributed by atoms with Gasteiger partial charge in [0.25, 0.3) is 0 Å². The Labute approximate surface area is 89.7 Å². The summed E-state index contributed by atoms with van der Waals surface area (Å²) in [5, 5.41) is 0. The summed E-state index contributed by atoms with van der Waals surface area (Å²) in [5.74, 6) is -0.236. The molecule has 3 nitrogen and oxygen atoms in total. The molecule has 0 unspecified atom stereocenters. The Kier molecular flexibility index (Phi) is 5.72. The van der Waals surface area contributed by atoms with Crippen LogP contribution in [-0.4, -0.2) is 12.6 Å². The lowest BCUT2D eigenvalue weighted by atomic mass is 10.1. The van der Waals surface area contributed by atoms with E-state index in [4.69, 9.17) is 10.5 Å². The number of carbonyl (C=O) groups is 1. The quantitative estimate of drug-likeness (QED) is 0.486. The molecule has 0 saturated heterocycles. The number of esters is 1. The maximum Gasteiger partial charge on any atom is 0.310 e. The molecule has 1 aromatic carbocycles. The predicted molar refractivity (Wildman–Crippen MR) is 51.2 cm³/mol. The third-order valence-corrected chi connectivity index (χ3v) is 1.70. The Morgan fingerprint density at radius 1 is 1.43 bits per heavy atom. The van der Waals surface area contributed by atoms with Crippen molar-refractivity contribution in [2.75, 3.05) is 12.3 Å². The van der Waals surface area contributed by atoms with Gasteiger partial charge in [0.05, 0.1) is 13.0 Å². The van der Waals surface area contributed by atoms with E-state index >= 15 is 0 Å². The van der Waals surface area contributed by atoms with E-state index in [1.165, 1.54) is 0 Å². The molecule has 0 aromatic heterocycles. The van der Waals surface area contributed by atoms with Gasteiger partial charge >= 0.3 is 5.97 Å². The summed E-state index contributed by atoms with van der Waals surface area (Å²) in [6.45, 7) is 2.19. The van der Waals surface area contributed by atoms with Gasteiger partial charge in [0, 0.05) is 5.69 Å². The molecule has 2 N–H and O–H groups in total. The predicted octanol–water partition coefficient (Wildman–Crippen LogP) is -1.62. The molecule has 1 aromatic rings. The third kappa shape index (κ3) is 3.66. The molecule has 0 saturated carbocycles. The maximum atomic E-state index is 11.1. The van der Waals surface area contributed by atoms with E-state index in [1.807, 2.05) is 18.2 Å². The molecule has 0 radical (unpaired) electrons. The zero-order chi connectivity index (χ0) is 9.68. The number of halogens is 1. The first-order valence-electron chi connectivity index (χ1n) is 4.23. The molecule has 4 heteroatoms. The van der Waals surface area contributed by atoms with Gasteiger partial charge in [-0.25, -0.2) is 0 Å². The molecule has 0 fully saturated rings. The molecular formula is C10H13ClNO2-. The van der Waals surface area contributed by atoms with Crippen LogP contribution in [0.5, 0.6) is 0 Å². The van der Waals surface area contributed by atoms with E-state index in [9.17, 15) is 4.79 Å². The smallest absolute Gasteiger partial charge is 0.310 e. The second-order valence-electron chi connectivity index (χ2n) is 2.68. The number of hydrogen-bond donors (Lipinski definition) is 1. The fourth-order valence-corrected chi connectivity index (χ4v) is 1.06. The average Bonchev–Trinajstić information content (AvgIpc) is 2.09. The van der Waals surface area contributed by atoms with Crippen LogP contribution in [0.3, 0.4) is 0 Å². The molecule has 0 amide bonds. The highest BCUT2D eigenvalue weighted by atomic mass is 35.5. The molecule has 0 aliphatic rings. The Morgan fingerprint density at radius 3 is 2.64 bits per heavy atom. The Morgan fingerprint density at radius 2 is 2.07 bits per heavy atom. The summed E-state index contributed by atoms with van der Waals surface area (Å²) in [7, 11) is 0. The lowest BCUT2D eigenvalue weighted by Crippen LogP contribution is -3.00. The SMILES string of the molecule is CCOC(=O)Cc1ccccc1N.[Cl-]. The zero-order valence-corrected chi connectivity index (χ0v) is 8.75. The number of nitrogen functional groups attached to an aromatic ring is 1. The fourth-order valence-electron chi connectivity index (χ4n) is 1.06. The first kappa shape index (κ1) is 12.8. The lowest BCUT2D eigenvalue weighted by molar-refractivity contribution is -0.142. The monoisotopic (exact) mass is 214 g/mol. The number of carbonyl (C=O) groups excluding carboxylic acids is 1. The minimum absolute atomic E-state index is 0. The maximum absolute atomic E-state index is 11.1. The standard InChI is InChI=1S/C10H13NO2.ClH/c1-2-13-10(12)7-8-5-3-4-6-9(8)11;/h3-6H,2,7,11H2,1H3;1H/p-1. The van der Waals surface area contributed by atoms with Crippen molar-refractivity contribution in [1.29, 1.82) is 0 Å². The highest BCUT2D eigenvalue weighted by Gasteiger charge is 2.05. The molecule has 0 heterocycles. The van der Waals surface area contributed by atoms with Crippen molar-refractivity contribution >= 4 is 11.7 Å². The summed E-state index contributed by atoms with van der Waals surface area (Å²) >= 11 is 0. The second-order valence-corrected chi connectivity index (χ2v) is 2.68.